The number of carbonyl (C=O) groups excluding carboxylic acids is 2. The van der Waals surface area contributed by atoms with Crippen LogP contribution in [0.1, 0.15) is 17.3 Å². The lowest BCUT2D eigenvalue weighted by molar-refractivity contribution is -0.124. The molecular weight excluding hydrogens is 375 g/mol. The van der Waals surface area contributed by atoms with Crippen molar-refractivity contribution in [2.45, 2.75) is 13.0 Å². The Labute approximate surface area is 162 Å². The van der Waals surface area contributed by atoms with Crippen LogP contribution in [0.15, 0.2) is 42.5 Å². The Morgan fingerprint density at radius 2 is 1.85 bits per heavy atom. The number of nitrogens with zero attached hydrogens (tertiary/aromatic N) is 2. The van der Waals surface area contributed by atoms with Crippen LogP contribution in [0.5, 0.6) is 5.75 Å². The van der Waals surface area contributed by atoms with Gasteiger partial charge in [0.2, 0.25) is 5.91 Å². The molecule has 2 amide bonds. The topological polar surface area (TPSA) is 49.9 Å². The summed E-state index contributed by atoms with van der Waals surface area (Å²) >= 11 is 11.9. The van der Waals surface area contributed by atoms with Gasteiger partial charge in [-0.25, -0.2) is 0 Å². The first-order valence-electron chi connectivity index (χ1n) is 8.14. The third-order valence-electron chi connectivity index (χ3n) is 4.46. The lowest BCUT2D eigenvalue weighted by atomic mass is 10.1. The summed E-state index contributed by atoms with van der Waals surface area (Å²) in [5.41, 5.74) is 1.11. The van der Waals surface area contributed by atoms with Crippen molar-refractivity contribution >= 4 is 40.7 Å². The highest BCUT2D eigenvalue weighted by Crippen LogP contribution is 2.31. The zero-order valence-corrected chi connectivity index (χ0v) is 15.9. The fraction of sp³-hybridized carbons (Fsp3) is 0.263. The minimum Gasteiger partial charge on any atom is -0.495 e. The number of halogens is 2. The fourth-order valence-corrected chi connectivity index (χ4v) is 3.33. The molecule has 5 nitrogen and oxygen atoms in total. The van der Waals surface area contributed by atoms with E-state index < -0.39 is 6.04 Å². The lowest BCUT2D eigenvalue weighted by Gasteiger charge is -2.39. The van der Waals surface area contributed by atoms with E-state index in [1.54, 1.807) is 42.0 Å². The van der Waals surface area contributed by atoms with E-state index in [0.29, 0.717) is 40.1 Å². The normalized spacial score (nSPS) is 17.4. The Morgan fingerprint density at radius 1 is 1.12 bits per heavy atom. The Hall–Kier alpha value is -2.24. The number of amides is 2. The number of rotatable bonds is 3. The number of methoxy groups -OCH3 is 1. The van der Waals surface area contributed by atoms with E-state index >= 15 is 0 Å². The van der Waals surface area contributed by atoms with Crippen molar-refractivity contribution in [3.8, 4) is 5.75 Å². The van der Waals surface area contributed by atoms with Gasteiger partial charge in [0.1, 0.15) is 11.8 Å². The first-order valence-corrected chi connectivity index (χ1v) is 8.90. The largest absolute Gasteiger partial charge is 0.495 e. The van der Waals surface area contributed by atoms with Gasteiger partial charge in [0.05, 0.1) is 22.8 Å². The van der Waals surface area contributed by atoms with Crippen LogP contribution in [0.3, 0.4) is 0 Å². The minimum atomic E-state index is -0.601. The van der Waals surface area contributed by atoms with Crippen LogP contribution in [0, 0.1) is 0 Å². The first kappa shape index (κ1) is 18.5. The van der Waals surface area contributed by atoms with Gasteiger partial charge in [-0.3, -0.25) is 9.59 Å². The lowest BCUT2D eigenvalue weighted by Crippen LogP contribution is -2.57. The van der Waals surface area contributed by atoms with Crippen LogP contribution in [0.4, 0.5) is 5.69 Å². The van der Waals surface area contributed by atoms with Gasteiger partial charge in [-0.2, -0.15) is 0 Å². The summed E-state index contributed by atoms with van der Waals surface area (Å²) in [6, 6.07) is 11.4. The zero-order valence-electron chi connectivity index (χ0n) is 14.4. The van der Waals surface area contributed by atoms with Crippen LogP contribution < -0.4 is 9.64 Å². The highest BCUT2D eigenvalue weighted by atomic mass is 35.5. The van der Waals surface area contributed by atoms with E-state index in [4.69, 9.17) is 27.9 Å². The molecule has 0 aliphatic carbocycles. The highest BCUT2D eigenvalue weighted by Gasteiger charge is 2.36. The number of hydrogen-bond acceptors (Lipinski definition) is 3. The molecule has 1 aliphatic rings. The number of anilines is 1. The predicted molar refractivity (Wildman–Crippen MR) is 102 cm³/mol. The molecule has 0 saturated carbocycles. The Bertz CT molecular complexity index is 856. The van der Waals surface area contributed by atoms with Crippen molar-refractivity contribution in [2.24, 2.45) is 0 Å². The zero-order chi connectivity index (χ0) is 18.8. The van der Waals surface area contributed by atoms with Crippen molar-refractivity contribution < 1.29 is 14.3 Å². The smallest absolute Gasteiger partial charge is 0.254 e. The molecule has 0 spiro atoms. The van der Waals surface area contributed by atoms with E-state index in [1.165, 1.54) is 6.07 Å². The van der Waals surface area contributed by atoms with Crippen LogP contribution in [-0.2, 0) is 4.79 Å². The Kier molecular flexibility index (Phi) is 5.39. The van der Waals surface area contributed by atoms with Gasteiger partial charge < -0.3 is 14.5 Å². The second-order valence-electron chi connectivity index (χ2n) is 5.97. The number of para-hydroxylation sites is 2. The van der Waals surface area contributed by atoms with Crippen molar-refractivity contribution in [1.82, 2.24) is 4.90 Å². The third-order valence-corrected chi connectivity index (χ3v) is 5.20. The second kappa shape index (κ2) is 7.56. The minimum absolute atomic E-state index is 0.158. The molecule has 2 aromatic rings. The molecular formula is C19H18Cl2N2O3. The summed E-state index contributed by atoms with van der Waals surface area (Å²) in [6.45, 7) is 2.51. The third kappa shape index (κ3) is 3.37. The molecule has 0 radical (unpaired) electrons. The van der Waals surface area contributed by atoms with Crippen LogP contribution >= 0.6 is 23.2 Å². The maximum atomic E-state index is 12.9. The average Bonchev–Trinajstić information content (AvgIpc) is 2.65. The molecule has 1 atom stereocenters. The van der Waals surface area contributed by atoms with E-state index in [2.05, 4.69) is 0 Å². The van der Waals surface area contributed by atoms with E-state index in [0.717, 1.165) is 0 Å². The average molecular weight is 393 g/mol. The maximum Gasteiger partial charge on any atom is 0.254 e. The molecule has 26 heavy (non-hydrogen) atoms. The summed E-state index contributed by atoms with van der Waals surface area (Å²) in [6.07, 6.45) is 0. The van der Waals surface area contributed by atoms with Gasteiger partial charge in [-0.05, 0) is 37.3 Å². The molecule has 136 valence electrons. The van der Waals surface area contributed by atoms with E-state index in [1.807, 2.05) is 18.2 Å². The molecule has 7 heteroatoms. The van der Waals surface area contributed by atoms with E-state index in [-0.39, 0.29) is 11.8 Å². The van der Waals surface area contributed by atoms with Crippen molar-refractivity contribution in [1.29, 1.82) is 0 Å². The van der Waals surface area contributed by atoms with Gasteiger partial charge in [0.25, 0.3) is 5.91 Å². The second-order valence-corrected chi connectivity index (χ2v) is 6.78. The summed E-state index contributed by atoms with van der Waals surface area (Å²) in [5, 5.41) is 0.692. The van der Waals surface area contributed by atoms with Gasteiger partial charge in [0.15, 0.2) is 0 Å². The van der Waals surface area contributed by atoms with Gasteiger partial charge in [0, 0.05) is 18.7 Å². The molecule has 1 heterocycles. The summed E-state index contributed by atoms with van der Waals surface area (Å²) < 4.78 is 5.35. The summed E-state index contributed by atoms with van der Waals surface area (Å²) in [5.74, 6) is 0.218. The van der Waals surface area contributed by atoms with Crippen molar-refractivity contribution in [2.75, 3.05) is 25.1 Å². The quantitative estimate of drug-likeness (QED) is 0.796. The van der Waals surface area contributed by atoms with E-state index in [9.17, 15) is 9.59 Å². The first-order chi connectivity index (χ1) is 12.4. The molecule has 1 aliphatic heterocycles. The number of piperazine rings is 1. The van der Waals surface area contributed by atoms with Crippen LogP contribution in [0.25, 0.3) is 0 Å². The molecule has 0 aromatic heterocycles. The monoisotopic (exact) mass is 392 g/mol. The van der Waals surface area contributed by atoms with Crippen molar-refractivity contribution in [3.05, 3.63) is 58.1 Å². The van der Waals surface area contributed by atoms with Gasteiger partial charge in [-0.15, -0.1) is 0 Å². The van der Waals surface area contributed by atoms with Gasteiger partial charge in [-0.1, -0.05) is 35.3 Å². The summed E-state index contributed by atoms with van der Waals surface area (Å²) in [7, 11) is 1.57. The van der Waals surface area contributed by atoms with Crippen molar-refractivity contribution in [3.63, 3.8) is 0 Å². The van der Waals surface area contributed by atoms with Gasteiger partial charge >= 0.3 is 0 Å². The molecule has 0 bridgehead atoms. The SMILES string of the molecule is COc1ccccc1N1CCN(C(=O)c2ccc(Cl)c(Cl)c2)[C@H](C)C1=O. The number of benzene rings is 2. The number of ether oxygens (including phenoxy) is 1. The highest BCUT2D eigenvalue weighted by molar-refractivity contribution is 6.42. The Morgan fingerprint density at radius 3 is 2.54 bits per heavy atom. The molecule has 0 N–H and O–H groups in total. The number of hydrogen-bond donors (Lipinski definition) is 0. The maximum absolute atomic E-state index is 12.9. The fourth-order valence-electron chi connectivity index (χ4n) is 3.03. The summed E-state index contributed by atoms with van der Waals surface area (Å²) in [4.78, 5) is 28.9. The number of carbonyl (C=O) groups is 2. The van der Waals surface area contributed by atoms with Crippen LogP contribution in [-0.4, -0.2) is 43.0 Å². The molecule has 0 unspecified atom stereocenters. The standard InChI is InChI=1S/C19H18Cl2N2O3/c1-12-18(24)23(16-5-3-4-6-17(16)26-2)10-9-22(12)19(25)13-7-8-14(20)15(21)11-13/h3-8,11-12H,9-10H2,1-2H3/t12-/m1/s1. The molecule has 1 fully saturated rings. The predicted octanol–water partition coefficient (Wildman–Crippen LogP) is 3.88. The molecule has 1 saturated heterocycles. The van der Waals surface area contributed by atoms with Crippen LogP contribution in [0.2, 0.25) is 10.0 Å². The Balaban J connectivity index is 1.83. The molecule has 3 rings (SSSR count). The molecule has 2 aromatic carbocycles.